The van der Waals surface area contributed by atoms with Crippen molar-refractivity contribution in [1.82, 2.24) is 14.7 Å². The second-order valence-corrected chi connectivity index (χ2v) is 7.78. The van der Waals surface area contributed by atoms with E-state index in [0.29, 0.717) is 34.9 Å². The number of furan rings is 1. The normalized spacial score (nSPS) is 10.8. The van der Waals surface area contributed by atoms with Gasteiger partial charge in [0.25, 0.3) is 5.91 Å². The largest absolute Gasteiger partial charge is 0.465 e. The molecule has 2 aromatic heterocycles. The van der Waals surface area contributed by atoms with E-state index in [9.17, 15) is 9.59 Å². The van der Waals surface area contributed by atoms with Crippen LogP contribution < -0.4 is 0 Å². The highest BCUT2D eigenvalue weighted by atomic mass is 16.5. The van der Waals surface area contributed by atoms with E-state index < -0.39 is 5.97 Å². The maximum atomic E-state index is 13.4. The van der Waals surface area contributed by atoms with Crippen LogP contribution in [0.15, 0.2) is 77.3 Å². The predicted octanol–water partition coefficient (Wildman–Crippen LogP) is 4.56. The molecule has 168 valence electrons. The Morgan fingerprint density at radius 2 is 1.70 bits per heavy atom. The summed E-state index contributed by atoms with van der Waals surface area (Å²) in [5.41, 5.74) is 3.43. The Labute approximate surface area is 192 Å². The molecule has 7 nitrogen and oxygen atoms in total. The molecule has 2 heterocycles. The SMILES string of the molecule is COC(=O)c1cc(CN(C)C(=O)c2cn(Cc3ccccc3)nc2-c2ccccc2)oc1C. The Kier molecular flexibility index (Phi) is 6.40. The second kappa shape index (κ2) is 9.56. The van der Waals surface area contributed by atoms with Crippen molar-refractivity contribution in [2.45, 2.75) is 20.0 Å². The van der Waals surface area contributed by atoms with Crippen LogP contribution in [0.5, 0.6) is 0 Å². The van der Waals surface area contributed by atoms with Crippen molar-refractivity contribution in [3.05, 3.63) is 101 Å². The van der Waals surface area contributed by atoms with Crippen LogP contribution in [0, 0.1) is 6.92 Å². The number of carbonyl (C=O) groups is 2. The minimum atomic E-state index is -0.468. The van der Waals surface area contributed by atoms with Crippen LogP contribution in [0.2, 0.25) is 0 Å². The average Bonchev–Trinajstić information content (AvgIpc) is 3.42. The molecular weight excluding hydrogens is 418 g/mol. The molecule has 2 aromatic carbocycles. The summed E-state index contributed by atoms with van der Waals surface area (Å²) in [5, 5.41) is 4.72. The fourth-order valence-corrected chi connectivity index (χ4v) is 3.68. The summed E-state index contributed by atoms with van der Waals surface area (Å²) >= 11 is 0. The van der Waals surface area contributed by atoms with Gasteiger partial charge in [0, 0.05) is 18.8 Å². The standard InChI is InChI=1S/C26H25N3O4/c1-18-22(26(31)32-3)14-21(33-18)16-28(2)25(30)23-17-29(15-19-10-6-4-7-11-19)27-24(23)20-12-8-5-9-13-20/h4-14,17H,15-16H2,1-3H3. The van der Waals surface area contributed by atoms with Crippen molar-refractivity contribution < 1.29 is 18.7 Å². The van der Waals surface area contributed by atoms with E-state index in [1.54, 1.807) is 35.8 Å². The van der Waals surface area contributed by atoms with E-state index in [-0.39, 0.29) is 12.5 Å². The number of benzene rings is 2. The molecule has 4 aromatic rings. The number of esters is 1. The molecule has 0 aliphatic carbocycles. The van der Waals surface area contributed by atoms with E-state index in [0.717, 1.165) is 11.1 Å². The van der Waals surface area contributed by atoms with Gasteiger partial charge in [-0.3, -0.25) is 9.48 Å². The highest BCUT2D eigenvalue weighted by Gasteiger charge is 2.23. The molecule has 4 rings (SSSR count). The van der Waals surface area contributed by atoms with Gasteiger partial charge in [-0.25, -0.2) is 4.79 Å². The Bertz CT molecular complexity index is 1260. The Morgan fingerprint density at radius 3 is 2.36 bits per heavy atom. The number of methoxy groups -OCH3 is 1. The summed E-state index contributed by atoms with van der Waals surface area (Å²) in [6.45, 7) is 2.45. The third-order valence-corrected chi connectivity index (χ3v) is 5.34. The van der Waals surface area contributed by atoms with Crippen LogP contribution in [-0.2, 0) is 17.8 Å². The maximum absolute atomic E-state index is 13.4. The molecule has 0 aliphatic heterocycles. The van der Waals surface area contributed by atoms with Crippen LogP contribution in [0.1, 0.15) is 37.8 Å². The summed E-state index contributed by atoms with van der Waals surface area (Å²) in [6, 6.07) is 21.2. The minimum absolute atomic E-state index is 0.193. The zero-order valence-corrected chi connectivity index (χ0v) is 18.8. The summed E-state index contributed by atoms with van der Waals surface area (Å²) in [4.78, 5) is 26.9. The van der Waals surface area contributed by atoms with E-state index in [4.69, 9.17) is 14.3 Å². The van der Waals surface area contributed by atoms with Gasteiger partial charge in [0.1, 0.15) is 22.8 Å². The molecule has 0 spiro atoms. The molecule has 0 unspecified atom stereocenters. The van der Waals surface area contributed by atoms with E-state index in [1.807, 2.05) is 60.7 Å². The quantitative estimate of drug-likeness (QED) is 0.392. The third-order valence-electron chi connectivity index (χ3n) is 5.34. The minimum Gasteiger partial charge on any atom is -0.465 e. The number of ether oxygens (including phenoxy) is 1. The number of amides is 1. The van der Waals surface area contributed by atoms with Gasteiger partial charge in [0.2, 0.25) is 0 Å². The van der Waals surface area contributed by atoms with Crippen molar-refractivity contribution in [2.24, 2.45) is 0 Å². The lowest BCUT2D eigenvalue weighted by Gasteiger charge is -2.15. The van der Waals surface area contributed by atoms with Gasteiger partial charge in [-0.2, -0.15) is 5.10 Å². The summed E-state index contributed by atoms with van der Waals surface area (Å²) in [5.74, 6) is 0.298. The van der Waals surface area contributed by atoms with Crippen LogP contribution in [0.4, 0.5) is 0 Å². The predicted molar refractivity (Wildman–Crippen MR) is 124 cm³/mol. The molecule has 0 radical (unpaired) electrons. The number of aromatic nitrogens is 2. The van der Waals surface area contributed by atoms with Crippen molar-refractivity contribution >= 4 is 11.9 Å². The average molecular weight is 444 g/mol. The van der Waals surface area contributed by atoms with Gasteiger partial charge >= 0.3 is 5.97 Å². The summed E-state index contributed by atoms with van der Waals surface area (Å²) in [6.07, 6.45) is 1.78. The third kappa shape index (κ3) is 4.87. The number of hydrogen-bond acceptors (Lipinski definition) is 5. The van der Waals surface area contributed by atoms with Crippen molar-refractivity contribution in [1.29, 1.82) is 0 Å². The number of aryl methyl sites for hydroxylation is 1. The monoisotopic (exact) mass is 443 g/mol. The lowest BCUT2D eigenvalue weighted by molar-refractivity contribution is 0.0598. The number of hydrogen-bond donors (Lipinski definition) is 0. The first-order valence-electron chi connectivity index (χ1n) is 10.6. The molecule has 0 saturated heterocycles. The summed E-state index contributed by atoms with van der Waals surface area (Å²) < 4.78 is 12.2. The van der Waals surface area contributed by atoms with Gasteiger partial charge in [0.05, 0.1) is 25.8 Å². The van der Waals surface area contributed by atoms with Gasteiger partial charge in [0.15, 0.2) is 0 Å². The highest BCUT2D eigenvalue weighted by molar-refractivity contribution is 5.99. The van der Waals surface area contributed by atoms with Crippen LogP contribution in [0.3, 0.4) is 0 Å². The molecule has 1 amide bonds. The van der Waals surface area contributed by atoms with Crippen molar-refractivity contribution in [2.75, 3.05) is 14.2 Å². The molecule has 0 atom stereocenters. The molecule has 0 aliphatic rings. The van der Waals surface area contributed by atoms with Gasteiger partial charge < -0.3 is 14.1 Å². The van der Waals surface area contributed by atoms with Crippen molar-refractivity contribution in [3.8, 4) is 11.3 Å². The fraction of sp³-hybridized carbons (Fsp3) is 0.192. The van der Waals surface area contributed by atoms with E-state index in [1.165, 1.54) is 7.11 Å². The number of carbonyl (C=O) groups excluding carboxylic acids is 2. The number of nitrogens with zero attached hydrogens (tertiary/aromatic N) is 3. The molecule has 0 saturated carbocycles. The zero-order valence-electron chi connectivity index (χ0n) is 18.8. The van der Waals surface area contributed by atoms with E-state index >= 15 is 0 Å². The lowest BCUT2D eigenvalue weighted by Crippen LogP contribution is -2.26. The Hall–Kier alpha value is -4.13. The zero-order chi connectivity index (χ0) is 23.4. The van der Waals surface area contributed by atoms with Crippen LogP contribution in [-0.4, -0.2) is 40.7 Å². The smallest absolute Gasteiger partial charge is 0.341 e. The molecule has 0 fully saturated rings. The molecule has 7 heteroatoms. The van der Waals surface area contributed by atoms with E-state index in [2.05, 4.69) is 0 Å². The van der Waals surface area contributed by atoms with Crippen LogP contribution >= 0.6 is 0 Å². The first-order chi connectivity index (χ1) is 16.0. The Balaban J connectivity index is 1.62. The second-order valence-electron chi connectivity index (χ2n) is 7.78. The van der Waals surface area contributed by atoms with Gasteiger partial charge in [-0.1, -0.05) is 60.7 Å². The molecule has 0 bridgehead atoms. The van der Waals surface area contributed by atoms with Gasteiger partial charge in [-0.15, -0.1) is 0 Å². The van der Waals surface area contributed by atoms with Crippen LogP contribution in [0.25, 0.3) is 11.3 Å². The fourth-order valence-electron chi connectivity index (χ4n) is 3.68. The summed E-state index contributed by atoms with van der Waals surface area (Å²) in [7, 11) is 3.02. The maximum Gasteiger partial charge on any atom is 0.341 e. The first-order valence-corrected chi connectivity index (χ1v) is 10.6. The molecular formula is C26H25N3O4. The topological polar surface area (TPSA) is 77.6 Å². The number of rotatable bonds is 7. The van der Waals surface area contributed by atoms with Gasteiger partial charge in [-0.05, 0) is 18.6 Å². The molecule has 0 N–H and O–H groups in total. The lowest BCUT2D eigenvalue weighted by atomic mass is 10.1. The first kappa shape index (κ1) is 22.1. The Morgan fingerprint density at radius 1 is 1.03 bits per heavy atom. The molecule has 33 heavy (non-hydrogen) atoms. The highest BCUT2D eigenvalue weighted by Crippen LogP contribution is 2.25. The van der Waals surface area contributed by atoms with Crippen molar-refractivity contribution in [3.63, 3.8) is 0 Å².